The molecule has 2 heterocycles. The lowest BCUT2D eigenvalue weighted by molar-refractivity contribution is 0.0685. The van der Waals surface area contributed by atoms with Crippen molar-refractivity contribution < 1.29 is 5.11 Å². The first-order chi connectivity index (χ1) is 11.5. The smallest absolute Gasteiger partial charge is 0.143 e. The van der Waals surface area contributed by atoms with Crippen molar-refractivity contribution in [2.24, 2.45) is 0 Å². The van der Waals surface area contributed by atoms with Crippen LogP contribution in [-0.2, 0) is 5.60 Å². The van der Waals surface area contributed by atoms with Crippen molar-refractivity contribution >= 4 is 37.5 Å². The van der Waals surface area contributed by atoms with Gasteiger partial charge in [0.05, 0.1) is 10.2 Å². The SMILES string of the molecule is CCCC(O)(c1nc2ccc(Br)cc2s1)c1cnccc1C(C)C. The zero-order valence-corrected chi connectivity index (χ0v) is 16.5. The van der Waals surface area contributed by atoms with Gasteiger partial charge in [-0.25, -0.2) is 4.98 Å². The molecular formula is C19H21BrN2OS. The van der Waals surface area contributed by atoms with Crippen molar-refractivity contribution in [1.29, 1.82) is 0 Å². The summed E-state index contributed by atoms with van der Waals surface area (Å²) in [7, 11) is 0. The number of thiazole rings is 1. The quantitative estimate of drug-likeness (QED) is 0.600. The molecule has 1 atom stereocenters. The highest BCUT2D eigenvalue weighted by Gasteiger charge is 2.36. The first-order valence-electron chi connectivity index (χ1n) is 8.19. The number of benzene rings is 1. The minimum absolute atomic E-state index is 0.315. The van der Waals surface area contributed by atoms with E-state index in [1.165, 1.54) is 0 Å². The Hall–Kier alpha value is -1.30. The second-order valence-corrected chi connectivity index (χ2v) is 8.31. The number of halogens is 1. The summed E-state index contributed by atoms with van der Waals surface area (Å²) >= 11 is 5.06. The van der Waals surface area contributed by atoms with Crippen LogP contribution in [0.2, 0.25) is 0 Å². The highest BCUT2D eigenvalue weighted by molar-refractivity contribution is 9.10. The molecule has 0 aliphatic carbocycles. The molecule has 1 N–H and O–H groups in total. The summed E-state index contributed by atoms with van der Waals surface area (Å²) in [6, 6.07) is 8.02. The van der Waals surface area contributed by atoms with Crippen molar-refractivity contribution in [3.8, 4) is 0 Å². The Bertz CT molecular complexity index is 861. The number of aliphatic hydroxyl groups is 1. The maximum Gasteiger partial charge on any atom is 0.143 e. The van der Waals surface area contributed by atoms with E-state index in [0.717, 1.165) is 37.2 Å². The first kappa shape index (κ1) is 17.5. The standard InChI is InChI=1S/C19H21BrN2OS/c1-4-8-19(23,15-11-21-9-7-14(15)12(2)3)18-22-16-6-5-13(20)10-17(16)24-18/h5-7,9-12,23H,4,8H2,1-3H3. The van der Waals surface area contributed by atoms with Gasteiger partial charge >= 0.3 is 0 Å². The lowest BCUT2D eigenvalue weighted by atomic mass is 9.84. The number of nitrogens with zero attached hydrogens (tertiary/aromatic N) is 2. The molecule has 1 aromatic carbocycles. The highest BCUT2D eigenvalue weighted by Crippen LogP contribution is 2.41. The maximum atomic E-state index is 11.7. The third-order valence-corrected chi connectivity index (χ3v) is 5.90. The fraction of sp³-hybridized carbons (Fsp3) is 0.368. The molecule has 1 unspecified atom stereocenters. The topological polar surface area (TPSA) is 46.0 Å². The summed E-state index contributed by atoms with van der Waals surface area (Å²) in [6.07, 6.45) is 5.08. The van der Waals surface area contributed by atoms with E-state index in [0.29, 0.717) is 12.3 Å². The minimum atomic E-state index is -1.10. The molecule has 2 aromatic heterocycles. The summed E-state index contributed by atoms with van der Waals surface area (Å²) < 4.78 is 2.09. The van der Waals surface area contributed by atoms with Crippen LogP contribution in [0.5, 0.6) is 0 Å². The van der Waals surface area contributed by atoms with Gasteiger partial charge < -0.3 is 5.11 Å². The van der Waals surface area contributed by atoms with Crippen molar-refractivity contribution in [3.05, 3.63) is 57.3 Å². The molecular weight excluding hydrogens is 384 g/mol. The third kappa shape index (κ3) is 3.13. The first-order valence-corrected chi connectivity index (χ1v) is 9.80. The molecule has 0 bridgehead atoms. The highest BCUT2D eigenvalue weighted by atomic mass is 79.9. The predicted molar refractivity (Wildman–Crippen MR) is 104 cm³/mol. The summed E-state index contributed by atoms with van der Waals surface area (Å²) in [6.45, 7) is 6.36. The average molecular weight is 405 g/mol. The van der Waals surface area contributed by atoms with Gasteiger partial charge in [-0.1, -0.05) is 43.1 Å². The second-order valence-electron chi connectivity index (χ2n) is 6.36. The van der Waals surface area contributed by atoms with E-state index in [1.807, 2.05) is 18.2 Å². The molecule has 3 nitrogen and oxygen atoms in total. The number of hydrogen-bond donors (Lipinski definition) is 1. The van der Waals surface area contributed by atoms with Crippen LogP contribution in [0, 0.1) is 0 Å². The van der Waals surface area contributed by atoms with Crippen LogP contribution < -0.4 is 0 Å². The van der Waals surface area contributed by atoms with Crippen molar-refractivity contribution in [3.63, 3.8) is 0 Å². The Balaban J connectivity index is 2.20. The van der Waals surface area contributed by atoms with Gasteiger partial charge in [0.2, 0.25) is 0 Å². The Kier molecular flexibility index (Phi) is 5.04. The average Bonchev–Trinajstić information content (AvgIpc) is 2.98. The lowest BCUT2D eigenvalue weighted by Crippen LogP contribution is -2.29. The van der Waals surface area contributed by atoms with Gasteiger partial charge in [0.25, 0.3) is 0 Å². The summed E-state index contributed by atoms with van der Waals surface area (Å²) in [5.74, 6) is 0.315. The molecule has 0 spiro atoms. The van der Waals surface area contributed by atoms with Gasteiger partial charge in [-0.2, -0.15) is 0 Å². The van der Waals surface area contributed by atoms with Crippen LogP contribution in [0.15, 0.2) is 41.1 Å². The van der Waals surface area contributed by atoms with Crippen LogP contribution in [0.3, 0.4) is 0 Å². The van der Waals surface area contributed by atoms with E-state index in [-0.39, 0.29) is 0 Å². The monoisotopic (exact) mass is 404 g/mol. The van der Waals surface area contributed by atoms with Gasteiger partial charge in [-0.15, -0.1) is 11.3 Å². The van der Waals surface area contributed by atoms with Crippen molar-refractivity contribution in [1.82, 2.24) is 9.97 Å². The number of pyridine rings is 1. The molecule has 0 radical (unpaired) electrons. The fourth-order valence-corrected chi connectivity index (χ4v) is 4.70. The molecule has 0 saturated heterocycles. The van der Waals surface area contributed by atoms with Gasteiger partial charge in [0.15, 0.2) is 0 Å². The molecule has 0 amide bonds. The van der Waals surface area contributed by atoms with E-state index < -0.39 is 5.60 Å². The predicted octanol–water partition coefficient (Wildman–Crippen LogP) is 5.61. The Labute approximate surface area is 154 Å². The maximum absolute atomic E-state index is 11.7. The largest absolute Gasteiger partial charge is 0.378 e. The van der Waals surface area contributed by atoms with Crippen molar-refractivity contribution in [2.45, 2.75) is 45.1 Å². The van der Waals surface area contributed by atoms with Gasteiger partial charge in [-0.3, -0.25) is 4.98 Å². The van der Waals surface area contributed by atoms with Crippen LogP contribution in [0.25, 0.3) is 10.2 Å². The number of fused-ring (bicyclic) bond motifs is 1. The second kappa shape index (κ2) is 6.90. The third-order valence-electron chi connectivity index (χ3n) is 4.24. The molecule has 24 heavy (non-hydrogen) atoms. The molecule has 0 aliphatic rings. The van der Waals surface area contributed by atoms with E-state index in [2.05, 4.69) is 47.8 Å². The Morgan fingerprint density at radius 1 is 1.29 bits per heavy atom. The van der Waals surface area contributed by atoms with Gasteiger partial charge in [-0.05, 0) is 42.2 Å². The van der Waals surface area contributed by atoms with Crippen LogP contribution in [-0.4, -0.2) is 15.1 Å². The fourth-order valence-electron chi connectivity index (χ4n) is 3.05. The molecule has 0 aliphatic heterocycles. The zero-order valence-electron chi connectivity index (χ0n) is 14.1. The number of rotatable bonds is 5. The molecule has 0 fully saturated rings. The summed E-state index contributed by atoms with van der Waals surface area (Å²) in [5, 5.41) is 12.4. The van der Waals surface area contributed by atoms with Crippen LogP contribution >= 0.6 is 27.3 Å². The van der Waals surface area contributed by atoms with E-state index in [9.17, 15) is 5.11 Å². The summed E-state index contributed by atoms with van der Waals surface area (Å²) in [5.41, 5.74) is 1.82. The lowest BCUT2D eigenvalue weighted by Gasteiger charge is -2.29. The van der Waals surface area contributed by atoms with E-state index >= 15 is 0 Å². The van der Waals surface area contributed by atoms with E-state index in [4.69, 9.17) is 4.98 Å². The van der Waals surface area contributed by atoms with Crippen LogP contribution in [0.4, 0.5) is 0 Å². The molecule has 3 rings (SSSR count). The molecule has 3 aromatic rings. The Morgan fingerprint density at radius 3 is 2.79 bits per heavy atom. The van der Waals surface area contributed by atoms with E-state index in [1.54, 1.807) is 23.7 Å². The molecule has 126 valence electrons. The zero-order chi connectivity index (χ0) is 17.3. The minimum Gasteiger partial charge on any atom is -0.378 e. The normalized spacial score (nSPS) is 14.2. The molecule has 0 saturated carbocycles. The van der Waals surface area contributed by atoms with Crippen molar-refractivity contribution in [2.75, 3.05) is 0 Å². The van der Waals surface area contributed by atoms with Gasteiger partial charge in [0.1, 0.15) is 10.6 Å². The Morgan fingerprint density at radius 2 is 2.08 bits per heavy atom. The summed E-state index contributed by atoms with van der Waals surface area (Å²) in [4.78, 5) is 9.02. The van der Waals surface area contributed by atoms with Gasteiger partial charge in [0, 0.05) is 22.4 Å². The number of aromatic nitrogens is 2. The number of hydrogen-bond acceptors (Lipinski definition) is 4. The van der Waals surface area contributed by atoms with Crippen LogP contribution in [0.1, 0.15) is 55.7 Å². The molecule has 5 heteroatoms.